The predicted molar refractivity (Wildman–Crippen MR) is 124 cm³/mol. The van der Waals surface area contributed by atoms with Gasteiger partial charge in [-0.05, 0) is 49.1 Å². The second kappa shape index (κ2) is 8.60. The number of ether oxygens (including phenoxy) is 2. The number of esters is 1. The van der Waals surface area contributed by atoms with Crippen LogP contribution in [0.4, 0.5) is 5.82 Å². The largest absolute Gasteiger partial charge is 0.457 e. The quantitative estimate of drug-likeness (QED) is 0.632. The molecule has 1 atom stereocenters. The van der Waals surface area contributed by atoms with Crippen LogP contribution in [0.15, 0.2) is 35.4 Å². The molecule has 0 bridgehead atoms. The van der Waals surface area contributed by atoms with Gasteiger partial charge in [-0.1, -0.05) is 6.07 Å². The van der Waals surface area contributed by atoms with Gasteiger partial charge in [-0.2, -0.15) is 0 Å². The van der Waals surface area contributed by atoms with E-state index in [1.54, 1.807) is 18.2 Å². The van der Waals surface area contributed by atoms with Gasteiger partial charge in [0.05, 0.1) is 28.7 Å². The number of hydrogen-bond donors (Lipinski definition) is 1. The van der Waals surface area contributed by atoms with Crippen LogP contribution in [0.25, 0.3) is 0 Å². The predicted octanol–water partition coefficient (Wildman–Crippen LogP) is 1.83. The SMILES string of the molecule is Cc1c([C@@H](O)CN2CCC3(CC2)CN(c2ccc(S(C)(=O)=O)cn2)CO3)ccc2c1COC2=O. The minimum absolute atomic E-state index is 0.204. The van der Waals surface area contributed by atoms with Crippen molar-refractivity contribution in [1.29, 1.82) is 0 Å². The summed E-state index contributed by atoms with van der Waals surface area (Å²) in [4.78, 5) is 20.6. The molecule has 4 heterocycles. The average molecular weight is 488 g/mol. The number of aromatic nitrogens is 1. The van der Waals surface area contributed by atoms with Crippen LogP contribution in [0.2, 0.25) is 0 Å². The van der Waals surface area contributed by atoms with Crippen LogP contribution in [0.5, 0.6) is 0 Å². The molecule has 5 rings (SSSR count). The number of pyridine rings is 1. The highest BCUT2D eigenvalue weighted by molar-refractivity contribution is 7.90. The molecule has 2 saturated heterocycles. The van der Waals surface area contributed by atoms with Crippen LogP contribution in [-0.2, 0) is 25.9 Å². The summed E-state index contributed by atoms with van der Waals surface area (Å²) in [6, 6.07) is 6.88. The summed E-state index contributed by atoms with van der Waals surface area (Å²) in [6.07, 6.45) is 3.59. The third kappa shape index (κ3) is 4.31. The number of carbonyl (C=O) groups is 1. The zero-order chi connectivity index (χ0) is 24.1. The molecule has 0 unspecified atom stereocenters. The zero-order valence-corrected chi connectivity index (χ0v) is 20.2. The van der Waals surface area contributed by atoms with Crippen molar-refractivity contribution in [3.8, 4) is 0 Å². The lowest BCUT2D eigenvalue weighted by molar-refractivity contribution is -0.0427. The first-order chi connectivity index (χ1) is 16.2. The van der Waals surface area contributed by atoms with Crippen molar-refractivity contribution in [2.24, 2.45) is 0 Å². The third-order valence-corrected chi connectivity index (χ3v) is 8.34. The molecule has 0 radical (unpaired) electrons. The first-order valence-corrected chi connectivity index (χ1v) is 13.3. The highest BCUT2D eigenvalue weighted by Crippen LogP contribution is 2.35. The van der Waals surface area contributed by atoms with E-state index in [1.807, 2.05) is 17.9 Å². The lowest BCUT2D eigenvalue weighted by Crippen LogP contribution is -2.47. The number of nitrogens with zero attached hydrogens (tertiary/aromatic N) is 3. The molecular weight excluding hydrogens is 458 g/mol. The van der Waals surface area contributed by atoms with Gasteiger partial charge in [-0.25, -0.2) is 18.2 Å². The first kappa shape index (κ1) is 23.2. The maximum absolute atomic E-state index is 11.8. The fraction of sp³-hybridized carbons (Fsp3) is 0.500. The molecule has 0 amide bonds. The Balaban J connectivity index is 1.18. The van der Waals surface area contributed by atoms with Gasteiger partial charge < -0.3 is 24.4 Å². The van der Waals surface area contributed by atoms with Gasteiger partial charge in [0.2, 0.25) is 0 Å². The van der Waals surface area contributed by atoms with E-state index in [4.69, 9.17) is 9.47 Å². The number of β-amino-alcohol motifs (C(OH)–C–C–N with tert-alkyl or cyclic N) is 1. The molecule has 0 aliphatic carbocycles. The Morgan fingerprint density at radius 1 is 1.21 bits per heavy atom. The number of likely N-dealkylation sites (tertiary alicyclic amines) is 1. The van der Waals surface area contributed by atoms with E-state index in [9.17, 15) is 18.3 Å². The number of aliphatic hydroxyl groups excluding tert-OH is 1. The van der Waals surface area contributed by atoms with Gasteiger partial charge in [0.1, 0.15) is 19.2 Å². The summed E-state index contributed by atoms with van der Waals surface area (Å²) in [5.74, 6) is 0.407. The number of benzene rings is 1. The van der Waals surface area contributed by atoms with E-state index in [1.165, 1.54) is 12.5 Å². The first-order valence-electron chi connectivity index (χ1n) is 11.4. The van der Waals surface area contributed by atoms with Gasteiger partial charge in [-0.3, -0.25) is 0 Å². The Hall–Kier alpha value is -2.53. The molecule has 1 N–H and O–H groups in total. The van der Waals surface area contributed by atoms with Crippen molar-refractivity contribution >= 4 is 21.6 Å². The summed E-state index contributed by atoms with van der Waals surface area (Å²) in [7, 11) is -3.27. The molecule has 34 heavy (non-hydrogen) atoms. The summed E-state index contributed by atoms with van der Waals surface area (Å²) >= 11 is 0. The highest BCUT2D eigenvalue weighted by atomic mass is 32.2. The summed E-state index contributed by atoms with van der Waals surface area (Å²) in [5, 5.41) is 10.9. The Morgan fingerprint density at radius 3 is 2.65 bits per heavy atom. The topological polar surface area (TPSA) is 109 Å². The van der Waals surface area contributed by atoms with Crippen molar-refractivity contribution in [2.75, 3.05) is 44.1 Å². The van der Waals surface area contributed by atoms with Gasteiger partial charge in [0.25, 0.3) is 0 Å². The maximum Gasteiger partial charge on any atom is 0.338 e. The molecule has 10 heteroatoms. The number of fused-ring (bicyclic) bond motifs is 1. The standard InChI is InChI=1S/C24H29N3O6S/c1-16-18(4-5-19-20(16)13-32-23(19)29)21(28)12-26-9-7-24(8-10-26)14-27(15-33-24)22-6-3-17(11-25-22)34(2,30)31/h3-6,11,21,28H,7-10,12-15H2,1-2H3/t21-/m0/s1. The molecule has 9 nitrogen and oxygen atoms in total. The fourth-order valence-electron chi connectivity index (χ4n) is 5.10. The molecule has 182 valence electrons. The van der Waals surface area contributed by atoms with Crippen LogP contribution in [0.3, 0.4) is 0 Å². The Morgan fingerprint density at radius 2 is 1.97 bits per heavy atom. The van der Waals surface area contributed by atoms with Crippen LogP contribution in [0.1, 0.15) is 46.0 Å². The van der Waals surface area contributed by atoms with E-state index in [-0.39, 0.29) is 23.1 Å². The number of aliphatic hydroxyl groups is 1. The van der Waals surface area contributed by atoms with E-state index in [2.05, 4.69) is 9.88 Å². The lowest BCUT2D eigenvalue weighted by Gasteiger charge is -2.39. The van der Waals surface area contributed by atoms with Gasteiger partial charge in [-0.15, -0.1) is 0 Å². The Bertz CT molecular complexity index is 1210. The van der Waals surface area contributed by atoms with Crippen molar-refractivity contribution in [3.63, 3.8) is 0 Å². The summed E-state index contributed by atoms with van der Waals surface area (Å²) in [6.45, 7) is 5.45. The molecule has 1 spiro atoms. The van der Waals surface area contributed by atoms with Crippen molar-refractivity contribution < 1.29 is 27.8 Å². The average Bonchev–Trinajstić information content (AvgIpc) is 3.40. The normalized spacial score (nSPS) is 21.0. The lowest BCUT2D eigenvalue weighted by atomic mass is 9.90. The second-order valence-corrected chi connectivity index (χ2v) is 11.5. The molecule has 1 aromatic carbocycles. The summed E-state index contributed by atoms with van der Waals surface area (Å²) in [5.41, 5.74) is 2.96. The van der Waals surface area contributed by atoms with Crippen LogP contribution in [0, 0.1) is 6.92 Å². The Labute approximate surface area is 199 Å². The van der Waals surface area contributed by atoms with E-state index in [0.717, 1.165) is 42.6 Å². The maximum atomic E-state index is 11.8. The highest BCUT2D eigenvalue weighted by Gasteiger charge is 2.42. The molecule has 3 aliphatic rings. The molecule has 2 aromatic rings. The number of carbonyl (C=O) groups excluding carboxylic acids is 1. The van der Waals surface area contributed by atoms with Crippen molar-refractivity contribution in [1.82, 2.24) is 9.88 Å². The second-order valence-electron chi connectivity index (χ2n) is 9.48. The van der Waals surface area contributed by atoms with Crippen LogP contribution >= 0.6 is 0 Å². The van der Waals surface area contributed by atoms with E-state index < -0.39 is 15.9 Å². The van der Waals surface area contributed by atoms with Crippen LogP contribution < -0.4 is 4.90 Å². The minimum atomic E-state index is -3.27. The monoisotopic (exact) mass is 487 g/mol. The number of piperidine rings is 1. The number of cyclic esters (lactones) is 1. The smallest absolute Gasteiger partial charge is 0.338 e. The number of rotatable bonds is 5. The Kier molecular flexibility index (Phi) is 5.87. The van der Waals surface area contributed by atoms with E-state index >= 15 is 0 Å². The number of sulfone groups is 1. The van der Waals surface area contributed by atoms with Crippen LogP contribution in [-0.4, -0.2) is 74.1 Å². The molecular formula is C24H29N3O6S. The fourth-order valence-corrected chi connectivity index (χ4v) is 5.66. The number of hydrogen-bond acceptors (Lipinski definition) is 9. The zero-order valence-electron chi connectivity index (χ0n) is 19.4. The molecule has 1 aromatic heterocycles. The van der Waals surface area contributed by atoms with Gasteiger partial charge in [0.15, 0.2) is 9.84 Å². The van der Waals surface area contributed by atoms with Crippen molar-refractivity contribution in [3.05, 3.63) is 52.7 Å². The minimum Gasteiger partial charge on any atom is -0.457 e. The van der Waals surface area contributed by atoms with Crippen molar-refractivity contribution in [2.45, 2.75) is 43.0 Å². The third-order valence-electron chi connectivity index (χ3n) is 7.24. The number of anilines is 1. The molecule has 0 saturated carbocycles. The molecule has 2 fully saturated rings. The summed E-state index contributed by atoms with van der Waals surface area (Å²) < 4.78 is 34.7. The molecule has 3 aliphatic heterocycles. The van der Waals surface area contributed by atoms with Gasteiger partial charge >= 0.3 is 5.97 Å². The van der Waals surface area contributed by atoms with Gasteiger partial charge in [0, 0.05) is 37.7 Å². The van der Waals surface area contributed by atoms with E-state index in [0.29, 0.717) is 31.2 Å².